The van der Waals surface area contributed by atoms with Gasteiger partial charge in [-0.05, 0) is 31.0 Å². The van der Waals surface area contributed by atoms with Crippen LogP contribution in [-0.2, 0) is 15.0 Å². The zero-order valence-electron chi connectivity index (χ0n) is 10.5. The van der Waals surface area contributed by atoms with Gasteiger partial charge in [0.1, 0.15) is 5.82 Å². The average Bonchev–Trinajstić information content (AvgIpc) is 2.35. The minimum atomic E-state index is -0.690. The number of carbonyl (C=O) groups excluding carboxylic acids is 2. The van der Waals surface area contributed by atoms with E-state index in [-0.39, 0.29) is 17.2 Å². The fourth-order valence-corrected chi connectivity index (χ4v) is 1.87. The Morgan fingerprint density at radius 1 is 1.47 bits per heavy atom. The van der Waals surface area contributed by atoms with Crippen molar-refractivity contribution in [3.63, 3.8) is 0 Å². The molecule has 1 atom stereocenters. The van der Waals surface area contributed by atoms with Crippen molar-refractivity contribution in [1.29, 1.82) is 0 Å². The summed E-state index contributed by atoms with van der Waals surface area (Å²) in [7, 11) is 0. The van der Waals surface area contributed by atoms with E-state index in [9.17, 15) is 9.59 Å². The van der Waals surface area contributed by atoms with E-state index in [1.54, 1.807) is 18.3 Å². The van der Waals surface area contributed by atoms with Crippen LogP contribution in [0.5, 0.6) is 0 Å². The molecule has 0 bridgehead atoms. The molecule has 1 aromatic rings. The number of alkyl halides is 2. The Labute approximate surface area is 121 Å². The summed E-state index contributed by atoms with van der Waals surface area (Å²) in [6.07, 6.45) is 2.42. The second-order valence-corrected chi connectivity index (χ2v) is 5.09. The molecule has 1 aromatic heterocycles. The van der Waals surface area contributed by atoms with Crippen molar-refractivity contribution in [2.75, 3.05) is 11.1 Å². The van der Waals surface area contributed by atoms with Gasteiger partial charge >= 0.3 is 0 Å². The number of nitrogens with one attached hydrogen (secondary N) is 1. The van der Waals surface area contributed by atoms with Crippen molar-refractivity contribution in [3.05, 3.63) is 23.9 Å². The molecule has 2 rings (SSSR count). The van der Waals surface area contributed by atoms with Crippen molar-refractivity contribution in [1.82, 2.24) is 10.3 Å². The minimum Gasteiger partial charge on any atom is -0.384 e. The fourth-order valence-electron chi connectivity index (χ4n) is 1.87. The lowest BCUT2D eigenvalue weighted by molar-refractivity contribution is -0.137. The SMILES string of the molecule is CC1(c2ccnc(N)c2)CCC(=O)NC1=O.ClCCl. The van der Waals surface area contributed by atoms with E-state index in [0.717, 1.165) is 5.56 Å². The lowest BCUT2D eigenvalue weighted by atomic mass is 9.76. The number of rotatable bonds is 1. The van der Waals surface area contributed by atoms with Crippen LogP contribution in [0, 0.1) is 0 Å². The van der Waals surface area contributed by atoms with Crippen LogP contribution >= 0.6 is 23.2 Å². The summed E-state index contributed by atoms with van der Waals surface area (Å²) < 4.78 is 0. The van der Waals surface area contributed by atoms with E-state index in [4.69, 9.17) is 28.9 Å². The Kier molecular flexibility index (Phi) is 5.57. The molecule has 5 nitrogen and oxygen atoms in total. The third-order valence-electron chi connectivity index (χ3n) is 3.02. The smallest absolute Gasteiger partial charge is 0.236 e. The summed E-state index contributed by atoms with van der Waals surface area (Å²) in [5.74, 6) is -0.109. The van der Waals surface area contributed by atoms with E-state index in [1.807, 2.05) is 6.92 Å². The first kappa shape index (κ1) is 15.7. The second-order valence-electron chi connectivity index (χ2n) is 4.28. The van der Waals surface area contributed by atoms with Crippen LogP contribution in [-0.4, -0.2) is 22.1 Å². The molecule has 1 aliphatic rings. The Morgan fingerprint density at radius 2 is 2.11 bits per heavy atom. The largest absolute Gasteiger partial charge is 0.384 e. The van der Waals surface area contributed by atoms with Gasteiger partial charge in [0.25, 0.3) is 0 Å². The van der Waals surface area contributed by atoms with Gasteiger partial charge in [0.2, 0.25) is 11.8 Å². The van der Waals surface area contributed by atoms with Gasteiger partial charge in [-0.3, -0.25) is 14.9 Å². The Bertz CT molecular complexity index is 482. The average molecular weight is 304 g/mol. The molecule has 2 heterocycles. The van der Waals surface area contributed by atoms with Crippen LogP contribution in [0.1, 0.15) is 25.3 Å². The van der Waals surface area contributed by atoms with Crippen molar-refractivity contribution in [2.24, 2.45) is 0 Å². The summed E-state index contributed by atoms with van der Waals surface area (Å²) in [6, 6.07) is 3.43. The highest BCUT2D eigenvalue weighted by molar-refractivity contribution is 6.40. The number of hydrogen-bond acceptors (Lipinski definition) is 4. The first-order valence-corrected chi connectivity index (χ1v) is 6.69. The van der Waals surface area contributed by atoms with Crippen LogP contribution in [0.15, 0.2) is 18.3 Å². The molecular formula is C12H15Cl2N3O2. The predicted octanol–water partition coefficient (Wildman–Crippen LogP) is 1.78. The van der Waals surface area contributed by atoms with Gasteiger partial charge < -0.3 is 5.73 Å². The zero-order chi connectivity index (χ0) is 14.5. The summed E-state index contributed by atoms with van der Waals surface area (Å²) in [5, 5.41) is 2.54. The number of imide groups is 1. The van der Waals surface area contributed by atoms with Gasteiger partial charge in [-0.1, -0.05) is 0 Å². The quantitative estimate of drug-likeness (QED) is 0.612. The Balaban J connectivity index is 0.000000550. The van der Waals surface area contributed by atoms with Gasteiger partial charge in [0, 0.05) is 12.6 Å². The highest BCUT2D eigenvalue weighted by atomic mass is 35.5. The number of pyridine rings is 1. The Hall–Kier alpha value is -1.33. The molecule has 19 heavy (non-hydrogen) atoms. The lowest BCUT2D eigenvalue weighted by Gasteiger charge is -2.31. The molecule has 1 unspecified atom stereocenters. The van der Waals surface area contributed by atoms with Gasteiger partial charge in [-0.2, -0.15) is 0 Å². The number of carbonyl (C=O) groups is 2. The highest BCUT2D eigenvalue weighted by Crippen LogP contribution is 2.32. The second kappa shape index (κ2) is 6.73. The number of anilines is 1. The van der Waals surface area contributed by atoms with Gasteiger partial charge in [0.15, 0.2) is 0 Å². The maximum Gasteiger partial charge on any atom is 0.236 e. The number of nitrogens with two attached hydrogens (primary N) is 1. The number of nitrogen functional groups attached to an aromatic ring is 1. The van der Waals surface area contributed by atoms with Crippen molar-refractivity contribution < 1.29 is 9.59 Å². The summed E-state index contributed by atoms with van der Waals surface area (Å²) in [4.78, 5) is 26.8. The topological polar surface area (TPSA) is 85.1 Å². The maximum atomic E-state index is 11.8. The molecule has 1 aliphatic heterocycles. The first-order chi connectivity index (χ1) is 8.93. The summed E-state index contributed by atoms with van der Waals surface area (Å²) in [5.41, 5.74) is 5.69. The lowest BCUT2D eigenvalue weighted by Crippen LogP contribution is -2.49. The molecule has 0 saturated carbocycles. The van der Waals surface area contributed by atoms with Crippen LogP contribution in [0.25, 0.3) is 0 Å². The third-order valence-corrected chi connectivity index (χ3v) is 3.02. The molecule has 104 valence electrons. The Morgan fingerprint density at radius 3 is 2.63 bits per heavy atom. The van der Waals surface area contributed by atoms with Crippen LogP contribution < -0.4 is 11.1 Å². The molecule has 0 aromatic carbocycles. The van der Waals surface area contributed by atoms with Gasteiger partial charge in [0.05, 0.1) is 10.8 Å². The number of aromatic nitrogens is 1. The summed E-state index contributed by atoms with van der Waals surface area (Å²) >= 11 is 9.53. The molecule has 0 radical (unpaired) electrons. The summed E-state index contributed by atoms with van der Waals surface area (Å²) in [6.45, 7) is 1.81. The molecule has 0 aliphatic carbocycles. The van der Waals surface area contributed by atoms with E-state index >= 15 is 0 Å². The van der Waals surface area contributed by atoms with Crippen molar-refractivity contribution >= 4 is 40.8 Å². The monoisotopic (exact) mass is 303 g/mol. The van der Waals surface area contributed by atoms with Crippen LogP contribution in [0.2, 0.25) is 0 Å². The maximum absolute atomic E-state index is 11.8. The number of nitrogens with zero attached hydrogens (tertiary/aromatic N) is 1. The number of halogens is 2. The van der Waals surface area contributed by atoms with E-state index in [0.29, 0.717) is 18.7 Å². The molecule has 3 N–H and O–H groups in total. The van der Waals surface area contributed by atoms with Crippen molar-refractivity contribution in [3.8, 4) is 0 Å². The van der Waals surface area contributed by atoms with Crippen LogP contribution in [0.3, 0.4) is 0 Å². The number of piperidine rings is 1. The molecule has 7 heteroatoms. The number of amides is 2. The highest BCUT2D eigenvalue weighted by Gasteiger charge is 2.39. The van der Waals surface area contributed by atoms with Gasteiger partial charge in [-0.15, -0.1) is 23.2 Å². The van der Waals surface area contributed by atoms with Gasteiger partial charge in [-0.25, -0.2) is 4.98 Å². The molecule has 2 amide bonds. The normalized spacial score (nSPS) is 22.3. The predicted molar refractivity (Wildman–Crippen MR) is 75.0 cm³/mol. The molecule has 0 spiro atoms. The standard InChI is InChI=1S/C11H13N3O2.CH2Cl2/c1-11(4-2-9(15)14-10(11)16)7-3-5-13-8(12)6-7;2-1-3/h3,5-6H,2,4H2,1H3,(H2,12,13)(H,14,15,16);1H2. The number of hydrogen-bond donors (Lipinski definition) is 2. The fraction of sp³-hybridized carbons (Fsp3) is 0.417. The van der Waals surface area contributed by atoms with E-state index in [1.165, 1.54) is 0 Å². The van der Waals surface area contributed by atoms with E-state index in [2.05, 4.69) is 10.3 Å². The molecular weight excluding hydrogens is 289 g/mol. The zero-order valence-corrected chi connectivity index (χ0v) is 12.0. The molecule has 1 saturated heterocycles. The van der Waals surface area contributed by atoms with Crippen LogP contribution in [0.4, 0.5) is 5.82 Å². The molecule has 1 fully saturated rings. The minimum absolute atomic E-state index is 0.194. The first-order valence-electron chi connectivity index (χ1n) is 5.62. The van der Waals surface area contributed by atoms with Crippen molar-refractivity contribution in [2.45, 2.75) is 25.2 Å². The van der Waals surface area contributed by atoms with E-state index < -0.39 is 5.41 Å². The third kappa shape index (κ3) is 3.81.